The van der Waals surface area contributed by atoms with Gasteiger partial charge in [0.15, 0.2) is 0 Å². The van der Waals surface area contributed by atoms with Crippen molar-refractivity contribution in [3.05, 3.63) is 34.9 Å². The average Bonchev–Trinajstić information content (AvgIpc) is 2.12. The molecule has 1 aliphatic heterocycles. The molecule has 1 saturated heterocycles. The molecule has 0 atom stereocenters. The van der Waals surface area contributed by atoms with Crippen molar-refractivity contribution in [2.45, 2.75) is 37.9 Å². The lowest BCUT2D eigenvalue weighted by molar-refractivity contribution is -0.00996. The van der Waals surface area contributed by atoms with E-state index in [-0.39, 0.29) is 10.2 Å². The number of hydrogen-bond acceptors (Lipinski definition) is 2. The second-order valence-electron chi connectivity index (χ2n) is 5.80. The van der Waals surface area contributed by atoms with Crippen LogP contribution in [0.5, 0.6) is 0 Å². The van der Waals surface area contributed by atoms with Crippen LogP contribution in [0.3, 0.4) is 0 Å². The SMILES string of the molecule is Cc1cc(C(C)(C)C)ccc1C1(S)COC1. The minimum absolute atomic E-state index is 0.0551. The predicted molar refractivity (Wildman–Crippen MR) is 71.4 cm³/mol. The van der Waals surface area contributed by atoms with Gasteiger partial charge < -0.3 is 4.74 Å². The summed E-state index contributed by atoms with van der Waals surface area (Å²) in [5, 5.41) is 0. The fourth-order valence-electron chi connectivity index (χ4n) is 2.10. The summed E-state index contributed by atoms with van der Waals surface area (Å²) in [6.45, 7) is 10.3. The first-order valence-corrected chi connectivity index (χ1v) is 6.19. The second kappa shape index (κ2) is 3.78. The van der Waals surface area contributed by atoms with E-state index in [9.17, 15) is 0 Å². The molecule has 88 valence electrons. The Morgan fingerprint density at radius 3 is 2.25 bits per heavy atom. The topological polar surface area (TPSA) is 9.23 Å². The lowest BCUT2D eigenvalue weighted by atomic mass is 9.83. The van der Waals surface area contributed by atoms with Gasteiger partial charge >= 0.3 is 0 Å². The highest BCUT2D eigenvalue weighted by molar-refractivity contribution is 7.81. The summed E-state index contributed by atoms with van der Waals surface area (Å²) < 4.78 is 5.21. The zero-order valence-corrected chi connectivity index (χ0v) is 11.4. The van der Waals surface area contributed by atoms with E-state index in [1.165, 1.54) is 16.7 Å². The molecule has 1 aromatic rings. The van der Waals surface area contributed by atoms with Crippen molar-refractivity contribution < 1.29 is 4.74 Å². The average molecular weight is 236 g/mol. The number of thiol groups is 1. The number of benzene rings is 1. The molecule has 0 N–H and O–H groups in total. The van der Waals surface area contributed by atoms with Gasteiger partial charge in [0.2, 0.25) is 0 Å². The quantitative estimate of drug-likeness (QED) is 0.735. The van der Waals surface area contributed by atoms with Crippen molar-refractivity contribution in [1.82, 2.24) is 0 Å². The molecule has 1 aliphatic rings. The minimum Gasteiger partial charge on any atom is -0.378 e. The zero-order chi connectivity index (χ0) is 12.0. The van der Waals surface area contributed by atoms with Crippen LogP contribution in [0.4, 0.5) is 0 Å². The van der Waals surface area contributed by atoms with E-state index in [1.54, 1.807) is 0 Å². The van der Waals surface area contributed by atoms with Crippen LogP contribution in [0.25, 0.3) is 0 Å². The lowest BCUT2D eigenvalue weighted by Crippen LogP contribution is -2.42. The largest absolute Gasteiger partial charge is 0.378 e. The number of hydrogen-bond donors (Lipinski definition) is 1. The molecule has 0 saturated carbocycles. The van der Waals surface area contributed by atoms with Gasteiger partial charge in [0.05, 0.1) is 18.0 Å². The van der Waals surface area contributed by atoms with Gasteiger partial charge in [0, 0.05) is 0 Å². The highest BCUT2D eigenvalue weighted by Crippen LogP contribution is 2.39. The Labute approximate surface area is 104 Å². The van der Waals surface area contributed by atoms with Crippen LogP contribution < -0.4 is 0 Å². The van der Waals surface area contributed by atoms with Crippen molar-refractivity contribution in [2.75, 3.05) is 13.2 Å². The maximum absolute atomic E-state index is 5.27. The Kier molecular flexibility index (Phi) is 2.83. The Bertz CT molecular complexity index is 400. The van der Waals surface area contributed by atoms with Gasteiger partial charge in [-0.05, 0) is 29.0 Å². The van der Waals surface area contributed by atoms with Gasteiger partial charge in [-0.15, -0.1) is 0 Å². The number of aryl methyl sites for hydroxylation is 1. The van der Waals surface area contributed by atoms with E-state index in [2.05, 4.69) is 45.9 Å². The fraction of sp³-hybridized carbons (Fsp3) is 0.571. The smallest absolute Gasteiger partial charge is 0.0847 e. The summed E-state index contributed by atoms with van der Waals surface area (Å²) in [4.78, 5) is 0. The Morgan fingerprint density at radius 2 is 1.88 bits per heavy atom. The maximum Gasteiger partial charge on any atom is 0.0847 e. The van der Waals surface area contributed by atoms with Crippen molar-refractivity contribution in [3.8, 4) is 0 Å². The van der Waals surface area contributed by atoms with Crippen molar-refractivity contribution in [2.24, 2.45) is 0 Å². The molecule has 0 aliphatic carbocycles. The first-order chi connectivity index (χ1) is 7.33. The van der Waals surface area contributed by atoms with E-state index in [0.717, 1.165) is 13.2 Å². The molecule has 0 bridgehead atoms. The Balaban J connectivity index is 2.37. The molecule has 16 heavy (non-hydrogen) atoms. The molecule has 0 radical (unpaired) electrons. The molecule has 1 aromatic carbocycles. The third-order valence-corrected chi connectivity index (χ3v) is 3.77. The zero-order valence-electron chi connectivity index (χ0n) is 10.5. The summed E-state index contributed by atoms with van der Waals surface area (Å²) in [6, 6.07) is 6.72. The third kappa shape index (κ3) is 2.01. The monoisotopic (exact) mass is 236 g/mol. The third-order valence-electron chi connectivity index (χ3n) is 3.28. The van der Waals surface area contributed by atoms with Gasteiger partial charge in [-0.1, -0.05) is 39.0 Å². The Hall–Kier alpha value is -0.470. The van der Waals surface area contributed by atoms with Gasteiger partial charge in [-0.25, -0.2) is 0 Å². The van der Waals surface area contributed by atoms with Gasteiger partial charge in [0.1, 0.15) is 0 Å². The van der Waals surface area contributed by atoms with Gasteiger partial charge in [-0.3, -0.25) is 0 Å². The lowest BCUT2D eigenvalue weighted by Gasteiger charge is -2.38. The van der Waals surface area contributed by atoms with E-state index in [1.807, 2.05) is 0 Å². The number of ether oxygens (including phenoxy) is 1. The molecule has 0 aromatic heterocycles. The van der Waals surface area contributed by atoms with Crippen molar-refractivity contribution in [1.29, 1.82) is 0 Å². The molecule has 0 spiro atoms. The van der Waals surface area contributed by atoms with E-state index >= 15 is 0 Å². The van der Waals surface area contributed by atoms with E-state index in [0.29, 0.717) is 0 Å². The molecule has 0 unspecified atom stereocenters. The molecule has 1 fully saturated rings. The Morgan fingerprint density at radius 1 is 1.25 bits per heavy atom. The molecular weight excluding hydrogens is 216 g/mol. The predicted octanol–water partition coefficient (Wildman–Crippen LogP) is 3.45. The first kappa shape index (κ1) is 12.0. The van der Waals surface area contributed by atoms with Crippen LogP contribution in [0, 0.1) is 6.92 Å². The fourth-order valence-corrected chi connectivity index (χ4v) is 2.54. The van der Waals surface area contributed by atoms with E-state index < -0.39 is 0 Å². The molecule has 2 rings (SSSR count). The van der Waals surface area contributed by atoms with Crippen LogP contribution in [0.1, 0.15) is 37.5 Å². The minimum atomic E-state index is -0.0551. The van der Waals surface area contributed by atoms with Crippen LogP contribution in [0.2, 0.25) is 0 Å². The normalized spacial score (nSPS) is 19.3. The molecule has 1 nitrogen and oxygen atoms in total. The van der Waals surface area contributed by atoms with Crippen molar-refractivity contribution in [3.63, 3.8) is 0 Å². The second-order valence-corrected chi connectivity index (χ2v) is 6.66. The highest BCUT2D eigenvalue weighted by Gasteiger charge is 2.37. The van der Waals surface area contributed by atoms with Gasteiger partial charge in [-0.2, -0.15) is 12.6 Å². The summed E-state index contributed by atoms with van der Waals surface area (Å²) in [5.74, 6) is 0. The standard InChI is InChI=1S/C14H20OS/c1-10-7-11(13(2,3)4)5-6-12(10)14(16)8-15-9-14/h5-7,16H,8-9H2,1-4H3. The van der Waals surface area contributed by atoms with Crippen LogP contribution in [-0.2, 0) is 14.9 Å². The van der Waals surface area contributed by atoms with Crippen molar-refractivity contribution >= 4 is 12.6 Å². The maximum atomic E-state index is 5.27. The van der Waals surface area contributed by atoms with Crippen LogP contribution >= 0.6 is 12.6 Å². The summed E-state index contributed by atoms with van der Waals surface area (Å²) in [5.41, 5.74) is 4.23. The molecule has 1 heterocycles. The molecule has 2 heteroatoms. The summed E-state index contributed by atoms with van der Waals surface area (Å²) in [6.07, 6.45) is 0. The van der Waals surface area contributed by atoms with Crippen LogP contribution in [0.15, 0.2) is 18.2 Å². The highest BCUT2D eigenvalue weighted by atomic mass is 32.1. The summed E-state index contributed by atoms with van der Waals surface area (Å²) in [7, 11) is 0. The summed E-state index contributed by atoms with van der Waals surface area (Å²) >= 11 is 4.71. The molecular formula is C14H20OS. The van der Waals surface area contributed by atoms with Crippen LogP contribution in [-0.4, -0.2) is 13.2 Å². The molecule has 0 amide bonds. The number of rotatable bonds is 1. The van der Waals surface area contributed by atoms with E-state index in [4.69, 9.17) is 17.4 Å². The first-order valence-electron chi connectivity index (χ1n) is 5.75. The van der Waals surface area contributed by atoms with Gasteiger partial charge in [0.25, 0.3) is 0 Å².